The highest BCUT2D eigenvalue weighted by Gasteiger charge is 2.15. The van der Waals surface area contributed by atoms with E-state index < -0.39 is 0 Å². The maximum atomic E-state index is 6.21. The fraction of sp³-hybridized carbons (Fsp3) is 0.333. The van der Waals surface area contributed by atoms with Crippen LogP contribution in [0.25, 0.3) is 0 Å². The van der Waals surface area contributed by atoms with Gasteiger partial charge in [-0.1, -0.05) is 29.8 Å². The van der Waals surface area contributed by atoms with Crippen LogP contribution in [0.15, 0.2) is 36.7 Å². The molecule has 1 aromatic heterocycles. The van der Waals surface area contributed by atoms with E-state index in [1.165, 1.54) is 0 Å². The van der Waals surface area contributed by atoms with Crippen LogP contribution in [-0.2, 0) is 0 Å². The molecular weight excluding hydrogens is 258 g/mol. The number of nitrogens with one attached hydrogen (secondary N) is 1. The van der Waals surface area contributed by atoms with Gasteiger partial charge in [-0.15, -0.1) is 0 Å². The summed E-state index contributed by atoms with van der Waals surface area (Å²) in [4.78, 5) is 8.66. The fourth-order valence-corrected chi connectivity index (χ4v) is 2.51. The lowest BCUT2D eigenvalue weighted by Gasteiger charge is -2.21. The van der Waals surface area contributed by atoms with Crippen LogP contribution in [0.5, 0.6) is 0 Å². The Bertz CT molecular complexity index is 507. The van der Waals surface area contributed by atoms with E-state index in [1.54, 1.807) is 12.4 Å². The standard InChI is InChI=1S/C15H18ClN3/c1-10(13-6-4-5-7-14(13)16)19-12(3)15-11(2)17-8-9-18-15/h4-10,12,19H,1-3H3. The van der Waals surface area contributed by atoms with Crippen molar-refractivity contribution in [2.75, 3.05) is 0 Å². The second-order valence-electron chi connectivity index (χ2n) is 4.66. The van der Waals surface area contributed by atoms with Gasteiger partial charge in [0.05, 0.1) is 11.4 Å². The normalized spacial score (nSPS) is 14.1. The monoisotopic (exact) mass is 275 g/mol. The van der Waals surface area contributed by atoms with Crippen molar-refractivity contribution in [2.24, 2.45) is 0 Å². The first-order valence-electron chi connectivity index (χ1n) is 6.37. The summed E-state index contributed by atoms with van der Waals surface area (Å²) in [6.07, 6.45) is 3.43. The van der Waals surface area contributed by atoms with Crippen LogP contribution in [-0.4, -0.2) is 9.97 Å². The summed E-state index contributed by atoms with van der Waals surface area (Å²) in [5.74, 6) is 0. The van der Waals surface area contributed by atoms with E-state index in [0.29, 0.717) is 0 Å². The SMILES string of the molecule is Cc1nccnc1C(C)NC(C)c1ccccc1Cl. The Morgan fingerprint density at radius 1 is 1.05 bits per heavy atom. The summed E-state index contributed by atoms with van der Waals surface area (Å²) in [7, 11) is 0. The Balaban J connectivity index is 2.13. The molecule has 0 spiro atoms. The van der Waals surface area contributed by atoms with E-state index in [-0.39, 0.29) is 12.1 Å². The molecule has 0 aliphatic carbocycles. The third-order valence-electron chi connectivity index (χ3n) is 3.20. The number of rotatable bonds is 4. The van der Waals surface area contributed by atoms with Gasteiger partial charge in [0.15, 0.2) is 0 Å². The second-order valence-corrected chi connectivity index (χ2v) is 5.07. The molecule has 3 nitrogen and oxygen atoms in total. The van der Waals surface area contributed by atoms with Crippen LogP contribution in [0.3, 0.4) is 0 Å². The summed E-state index contributed by atoms with van der Waals surface area (Å²) in [5.41, 5.74) is 3.02. The van der Waals surface area contributed by atoms with E-state index in [1.807, 2.05) is 31.2 Å². The summed E-state index contributed by atoms with van der Waals surface area (Å²) in [6, 6.07) is 8.17. The molecule has 1 aromatic carbocycles. The van der Waals surface area contributed by atoms with E-state index in [9.17, 15) is 0 Å². The molecule has 1 N–H and O–H groups in total. The van der Waals surface area contributed by atoms with Gasteiger partial charge in [-0.25, -0.2) is 0 Å². The summed E-state index contributed by atoms with van der Waals surface area (Å²) in [6.45, 7) is 6.16. The second kappa shape index (κ2) is 6.13. The molecule has 0 bridgehead atoms. The number of aromatic nitrogens is 2. The maximum Gasteiger partial charge on any atom is 0.0782 e. The molecule has 0 aliphatic rings. The zero-order valence-electron chi connectivity index (χ0n) is 11.4. The molecular formula is C15H18ClN3. The van der Waals surface area contributed by atoms with Crippen LogP contribution in [0.2, 0.25) is 5.02 Å². The lowest BCUT2D eigenvalue weighted by Crippen LogP contribution is -2.24. The van der Waals surface area contributed by atoms with Crippen LogP contribution in [0, 0.1) is 6.92 Å². The fourth-order valence-electron chi connectivity index (χ4n) is 2.21. The number of nitrogens with zero attached hydrogens (tertiary/aromatic N) is 2. The molecule has 2 rings (SSSR count). The Morgan fingerprint density at radius 2 is 1.74 bits per heavy atom. The van der Waals surface area contributed by atoms with Gasteiger partial charge in [-0.05, 0) is 32.4 Å². The molecule has 0 fully saturated rings. The van der Waals surface area contributed by atoms with Gasteiger partial charge < -0.3 is 5.32 Å². The van der Waals surface area contributed by atoms with Crippen LogP contribution in [0.4, 0.5) is 0 Å². The summed E-state index contributed by atoms with van der Waals surface area (Å²) in [5, 5.41) is 4.29. The smallest absolute Gasteiger partial charge is 0.0782 e. The van der Waals surface area contributed by atoms with Gasteiger partial charge >= 0.3 is 0 Å². The number of benzene rings is 1. The molecule has 2 atom stereocenters. The van der Waals surface area contributed by atoms with E-state index >= 15 is 0 Å². The lowest BCUT2D eigenvalue weighted by molar-refractivity contribution is 0.483. The van der Waals surface area contributed by atoms with E-state index in [2.05, 4.69) is 29.1 Å². The van der Waals surface area contributed by atoms with E-state index in [4.69, 9.17) is 11.6 Å². The lowest BCUT2D eigenvalue weighted by atomic mass is 10.1. The van der Waals surface area contributed by atoms with Gasteiger partial charge in [0.1, 0.15) is 0 Å². The minimum Gasteiger partial charge on any atom is -0.302 e. The van der Waals surface area contributed by atoms with Crippen molar-refractivity contribution in [2.45, 2.75) is 32.9 Å². The van der Waals surface area contributed by atoms with Gasteiger partial charge in [-0.2, -0.15) is 0 Å². The molecule has 0 aliphatic heterocycles. The van der Waals surface area contributed by atoms with Crippen molar-refractivity contribution in [3.63, 3.8) is 0 Å². The molecule has 4 heteroatoms. The zero-order chi connectivity index (χ0) is 13.8. The predicted molar refractivity (Wildman–Crippen MR) is 78.2 cm³/mol. The van der Waals surface area contributed by atoms with Crippen molar-refractivity contribution < 1.29 is 0 Å². The minimum atomic E-state index is 0.125. The zero-order valence-corrected chi connectivity index (χ0v) is 12.1. The first-order valence-corrected chi connectivity index (χ1v) is 6.75. The van der Waals surface area contributed by atoms with Crippen LogP contribution >= 0.6 is 11.6 Å². The molecule has 2 aromatic rings. The van der Waals surface area contributed by atoms with Gasteiger partial charge in [0.25, 0.3) is 0 Å². The number of aryl methyl sites for hydroxylation is 1. The Hall–Kier alpha value is -1.45. The minimum absolute atomic E-state index is 0.125. The van der Waals surface area contributed by atoms with Crippen LogP contribution < -0.4 is 5.32 Å². The molecule has 100 valence electrons. The molecule has 0 radical (unpaired) electrons. The predicted octanol–water partition coefficient (Wildman–Crippen LogP) is 3.85. The third kappa shape index (κ3) is 3.31. The highest BCUT2D eigenvalue weighted by molar-refractivity contribution is 6.31. The van der Waals surface area contributed by atoms with Crippen molar-refractivity contribution in [3.05, 3.63) is 58.6 Å². The molecule has 1 heterocycles. The largest absolute Gasteiger partial charge is 0.302 e. The Morgan fingerprint density at radius 3 is 2.42 bits per heavy atom. The Labute approximate surface area is 119 Å². The third-order valence-corrected chi connectivity index (χ3v) is 3.55. The summed E-state index contributed by atoms with van der Waals surface area (Å²) < 4.78 is 0. The maximum absolute atomic E-state index is 6.21. The number of hydrogen-bond donors (Lipinski definition) is 1. The van der Waals surface area contributed by atoms with Crippen molar-refractivity contribution in [3.8, 4) is 0 Å². The van der Waals surface area contributed by atoms with Gasteiger partial charge in [0.2, 0.25) is 0 Å². The molecule has 0 saturated heterocycles. The van der Waals surface area contributed by atoms with Crippen LogP contribution in [0.1, 0.15) is 42.9 Å². The van der Waals surface area contributed by atoms with Gasteiger partial charge in [-0.3, -0.25) is 9.97 Å². The average Bonchev–Trinajstić information content (AvgIpc) is 2.39. The van der Waals surface area contributed by atoms with Gasteiger partial charge in [0, 0.05) is 29.5 Å². The summed E-state index contributed by atoms with van der Waals surface area (Å²) >= 11 is 6.21. The van der Waals surface area contributed by atoms with Crippen molar-refractivity contribution >= 4 is 11.6 Å². The molecule has 0 saturated carbocycles. The topological polar surface area (TPSA) is 37.8 Å². The van der Waals surface area contributed by atoms with Crippen molar-refractivity contribution in [1.29, 1.82) is 0 Å². The molecule has 0 amide bonds. The highest BCUT2D eigenvalue weighted by Crippen LogP contribution is 2.25. The quantitative estimate of drug-likeness (QED) is 0.921. The number of halogens is 1. The number of hydrogen-bond acceptors (Lipinski definition) is 3. The van der Waals surface area contributed by atoms with E-state index in [0.717, 1.165) is 22.0 Å². The molecule has 2 unspecified atom stereocenters. The molecule has 19 heavy (non-hydrogen) atoms. The average molecular weight is 276 g/mol. The first-order chi connectivity index (χ1) is 9.09. The Kier molecular flexibility index (Phi) is 4.51. The highest BCUT2D eigenvalue weighted by atomic mass is 35.5. The van der Waals surface area contributed by atoms with Crippen molar-refractivity contribution in [1.82, 2.24) is 15.3 Å². The first kappa shape index (κ1) is 14.0.